The minimum absolute atomic E-state index is 0.104. The van der Waals surface area contributed by atoms with Crippen LogP contribution in [0.4, 0.5) is 5.69 Å². The van der Waals surface area contributed by atoms with Crippen LogP contribution in [-0.2, 0) is 4.79 Å². The van der Waals surface area contributed by atoms with Crippen molar-refractivity contribution in [1.82, 2.24) is 0 Å². The monoisotopic (exact) mass is 194 g/mol. The molecule has 1 aromatic carbocycles. The van der Waals surface area contributed by atoms with Gasteiger partial charge >= 0.3 is 5.97 Å². The number of hydrogen-bond donors (Lipinski definition) is 3. The number of nitrogen functional groups attached to an aromatic ring is 1. The van der Waals surface area contributed by atoms with Crippen molar-refractivity contribution in [3.05, 3.63) is 29.3 Å². The second kappa shape index (κ2) is 4.11. The summed E-state index contributed by atoms with van der Waals surface area (Å²) >= 11 is 0. The number of rotatable bonds is 3. The van der Waals surface area contributed by atoms with E-state index < -0.39 is 12.0 Å². The second-order valence-electron chi connectivity index (χ2n) is 3.34. The highest BCUT2D eigenvalue weighted by Crippen LogP contribution is 2.22. The minimum Gasteiger partial charge on any atom is -0.481 e. The summed E-state index contributed by atoms with van der Waals surface area (Å²) in [6, 6.07) is 4.90. The van der Waals surface area contributed by atoms with Gasteiger partial charge in [0.25, 0.3) is 0 Å². The fraction of sp³-hybridized carbons (Fsp3) is 0.300. The van der Waals surface area contributed by atoms with Gasteiger partial charge in [-0.2, -0.15) is 0 Å². The molecule has 0 spiro atoms. The topological polar surface area (TPSA) is 89.3 Å². The molecular formula is C10H14N2O2. The van der Waals surface area contributed by atoms with Gasteiger partial charge in [-0.1, -0.05) is 17.7 Å². The number of aliphatic carboxylic acids is 1. The van der Waals surface area contributed by atoms with Crippen LogP contribution < -0.4 is 11.5 Å². The number of nitrogens with two attached hydrogens (primary N) is 2. The zero-order chi connectivity index (χ0) is 10.7. The number of anilines is 1. The van der Waals surface area contributed by atoms with Gasteiger partial charge in [0.05, 0.1) is 6.42 Å². The van der Waals surface area contributed by atoms with Crippen LogP contribution in [0.5, 0.6) is 0 Å². The zero-order valence-corrected chi connectivity index (χ0v) is 8.03. The van der Waals surface area contributed by atoms with Gasteiger partial charge in [0, 0.05) is 11.7 Å². The van der Waals surface area contributed by atoms with E-state index in [1.165, 1.54) is 0 Å². The van der Waals surface area contributed by atoms with Crippen LogP contribution in [0.25, 0.3) is 0 Å². The lowest BCUT2D eigenvalue weighted by Crippen LogP contribution is -2.16. The van der Waals surface area contributed by atoms with Gasteiger partial charge in [-0.25, -0.2) is 0 Å². The molecule has 0 saturated carbocycles. The van der Waals surface area contributed by atoms with Crippen molar-refractivity contribution in [2.45, 2.75) is 19.4 Å². The summed E-state index contributed by atoms with van der Waals surface area (Å²) in [7, 11) is 0. The van der Waals surface area contributed by atoms with Crippen molar-refractivity contribution in [2.24, 2.45) is 5.73 Å². The van der Waals surface area contributed by atoms with E-state index in [0.717, 1.165) is 5.56 Å². The lowest BCUT2D eigenvalue weighted by atomic mass is 10.0. The molecule has 0 aromatic heterocycles. The highest BCUT2D eigenvalue weighted by molar-refractivity contribution is 5.68. The molecule has 4 nitrogen and oxygen atoms in total. The summed E-state index contributed by atoms with van der Waals surface area (Å²) in [5.74, 6) is -0.918. The van der Waals surface area contributed by atoms with E-state index in [-0.39, 0.29) is 6.42 Å². The Kier molecular flexibility index (Phi) is 3.09. The summed E-state index contributed by atoms with van der Waals surface area (Å²) in [6.07, 6.45) is -0.104. The first-order chi connectivity index (χ1) is 6.50. The Labute approximate surface area is 82.5 Å². The molecule has 1 rings (SSSR count). The molecule has 4 heteroatoms. The van der Waals surface area contributed by atoms with Gasteiger partial charge in [0.2, 0.25) is 0 Å². The van der Waals surface area contributed by atoms with Crippen molar-refractivity contribution in [2.75, 3.05) is 5.73 Å². The van der Waals surface area contributed by atoms with Crippen molar-refractivity contribution in [3.8, 4) is 0 Å². The standard InChI is InChI=1S/C10H14N2O2/c1-6-2-3-8(11)7(4-6)9(12)5-10(13)14/h2-4,9H,5,11-12H2,1H3,(H,13,14). The third kappa shape index (κ3) is 2.47. The van der Waals surface area contributed by atoms with Crippen molar-refractivity contribution in [3.63, 3.8) is 0 Å². The molecule has 1 aromatic rings. The predicted molar refractivity (Wildman–Crippen MR) is 54.8 cm³/mol. The Hall–Kier alpha value is -1.55. The van der Waals surface area contributed by atoms with Gasteiger partial charge in [0.15, 0.2) is 0 Å². The van der Waals surface area contributed by atoms with Gasteiger partial charge in [-0.3, -0.25) is 4.79 Å². The maximum Gasteiger partial charge on any atom is 0.305 e. The van der Waals surface area contributed by atoms with Crippen LogP contribution in [-0.4, -0.2) is 11.1 Å². The molecular weight excluding hydrogens is 180 g/mol. The molecule has 0 radical (unpaired) electrons. The molecule has 76 valence electrons. The first kappa shape index (κ1) is 10.5. The number of aryl methyl sites for hydroxylation is 1. The Morgan fingerprint density at radius 1 is 1.57 bits per heavy atom. The SMILES string of the molecule is Cc1ccc(N)c(C(N)CC(=O)O)c1. The maximum atomic E-state index is 10.5. The van der Waals surface area contributed by atoms with E-state index in [4.69, 9.17) is 16.6 Å². The average molecular weight is 194 g/mol. The molecule has 0 amide bonds. The molecule has 0 aliphatic rings. The summed E-state index contributed by atoms with van der Waals surface area (Å²) < 4.78 is 0. The number of hydrogen-bond acceptors (Lipinski definition) is 3. The zero-order valence-electron chi connectivity index (χ0n) is 8.03. The molecule has 14 heavy (non-hydrogen) atoms. The van der Waals surface area contributed by atoms with E-state index in [2.05, 4.69) is 0 Å². The fourth-order valence-corrected chi connectivity index (χ4v) is 1.31. The maximum absolute atomic E-state index is 10.5. The van der Waals surface area contributed by atoms with Crippen LogP contribution in [0, 0.1) is 6.92 Å². The molecule has 1 unspecified atom stereocenters. The Bertz CT molecular complexity index is 350. The second-order valence-corrected chi connectivity index (χ2v) is 3.34. The molecule has 1 atom stereocenters. The predicted octanol–water partition coefficient (Wildman–Crippen LogP) is 1.05. The largest absolute Gasteiger partial charge is 0.481 e. The summed E-state index contributed by atoms with van der Waals surface area (Å²) in [6.45, 7) is 1.91. The van der Waals surface area contributed by atoms with Crippen molar-refractivity contribution in [1.29, 1.82) is 0 Å². The summed E-state index contributed by atoms with van der Waals surface area (Å²) in [5.41, 5.74) is 13.7. The quantitative estimate of drug-likeness (QED) is 0.627. The lowest BCUT2D eigenvalue weighted by molar-refractivity contribution is -0.137. The first-order valence-corrected chi connectivity index (χ1v) is 4.34. The summed E-state index contributed by atoms with van der Waals surface area (Å²) in [4.78, 5) is 10.5. The van der Waals surface area contributed by atoms with Crippen molar-refractivity contribution < 1.29 is 9.90 Å². The number of carboxylic acid groups (broad SMARTS) is 1. The number of carbonyl (C=O) groups is 1. The van der Waals surface area contributed by atoms with Gasteiger partial charge in [0.1, 0.15) is 0 Å². The van der Waals surface area contributed by atoms with E-state index in [1.54, 1.807) is 6.07 Å². The van der Waals surface area contributed by atoms with E-state index in [1.807, 2.05) is 19.1 Å². The average Bonchev–Trinajstić information content (AvgIpc) is 2.08. The van der Waals surface area contributed by atoms with Crippen LogP contribution in [0.15, 0.2) is 18.2 Å². The smallest absolute Gasteiger partial charge is 0.305 e. The highest BCUT2D eigenvalue weighted by atomic mass is 16.4. The Morgan fingerprint density at radius 2 is 2.21 bits per heavy atom. The van der Waals surface area contributed by atoms with Crippen LogP contribution in [0.3, 0.4) is 0 Å². The van der Waals surface area contributed by atoms with Crippen LogP contribution in [0.1, 0.15) is 23.6 Å². The normalized spacial score (nSPS) is 12.4. The van der Waals surface area contributed by atoms with Crippen LogP contribution in [0.2, 0.25) is 0 Å². The molecule has 0 bridgehead atoms. The summed E-state index contributed by atoms with van der Waals surface area (Å²) in [5, 5.41) is 8.58. The van der Waals surface area contributed by atoms with E-state index in [0.29, 0.717) is 11.3 Å². The lowest BCUT2D eigenvalue weighted by Gasteiger charge is -2.12. The highest BCUT2D eigenvalue weighted by Gasteiger charge is 2.13. The van der Waals surface area contributed by atoms with Gasteiger partial charge in [-0.15, -0.1) is 0 Å². The first-order valence-electron chi connectivity index (χ1n) is 4.34. The van der Waals surface area contributed by atoms with Crippen molar-refractivity contribution >= 4 is 11.7 Å². The molecule has 5 N–H and O–H groups in total. The minimum atomic E-state index is -0.918. The number of benzene rings is 1. The van der Waals surface area contributed by atoms with Gasteiger partial charge in [-0.05, 0) is 18.6 Å². The molecule has 0 heterocycles. The third-order valence-electron chi connectivity index (χ3n) is 2.04. The molecule has 0 aliphatic heterocycles. The molecule has 0 fully saturated rings. The number of carboxylic acids is 1. The third-order valence-corrected chi connectivity index (χ3v) is 2.04. The Morgan fingerprint density at radius 3 is 2.79 bits per heavy atom. The Balaban J connectivity index is 2.93. The fourth-order valence-electron chi connectivity index (χ4n) is 1.31. The molecule has 0 saturated heterocycles. The van der Waals surface area contributed by atoms with Gasteiger partial charge < -0.3 is 16.6 Å². The van der Waals surface area contributed by atoms with E-state index >= 15 is 0 Å². The van der Waals surface area contributed by atoms with E-state index in [9.17, 15) is 4.79 Å². The van der Waals surface area contributed by atoms with Crippen LogP contribution >= 0.6 is 0 Å². The molecule has 0 aliphatic carbocycles.